The Morgan fingerprint density at radius 2 is 2.29 bits per heavy atom. The lowest BCUT2D eigenvalue weighted by Gasteiger charge is -2.08. The van der Waals surface area contributed by atoms with Gasteiger partial charge in [0.25, 0.3) is 0 Å². The van der Waals surface area contributed by atoms with E-state index in [0.29, 0.717) is 6.04 Å². The zero-order valence-electron chi connectivity index (χ0n) is 9.12. The number of likely N-dealkylation sites (N-methyl/N-ethyl adjacent to an activating group) is 1. The highest BCUT2D eigenvalue weighted by atomic mass is 15.1. The van der Waals surface area contributed by atoms with E-state index < -0.39 is 0 Å². The van der Waals surface area contributed by atoms with Gasteiger partial charge in [0.05, 0.1) is 11.9 Å². The van der Waals surface area contributed by atoms with Gasteiger partial charge < -0.3 is 5.32 Å². The minimum atomic E-state index is 0.397. The van der Waals surface area contributed by atoms with Gasteiger partial charge in [-0.25, -0.2) is 4.98 Å². The van der Waals surface area contributed by atoms with Crippen molar-refractivity contribution in [1.82, 2.24) is 20.5 Å². The zero-order chi connectivity index (χ0) is 10.4. The van der Waals surface area contributed by atoms with Crippen LogP contribution in [0.15, 0.2) is 6.20 Å². The Labute approximate surface area is 85.2 Å². The first kappa shape index (κ1) is 11.0. The predicted octanol–water partition coefficient (Wildman–Crippen LogP) is 0.974. The van der Waals surface area contributed by atoms with E-state index in [-0.39, 0.29) is 0 Å². The maximum absolute atomic E-state index is 4.44. The molecule has 0 saturated carbocycles. The standard InChI is InChI=1S/C10H18N4/c1-4-5-9-7-12-14-10(13-9)6-8(2)11-3/h7-8,11H,4-6H2,1-3H3. The van der Waals surface area contributed by atoms with Crippen LogP contribution in [0.5, 0.6) is 0 Å². The molecule has 78 valence electrons. The van der Waals surface area contributed by atoms with Crippen molar-refractivity contribution in [2.45, 2.75) is 39.2 Å². The molecule has 0 spiro atoms. The van der Waals surface area contributed by atoms with Gasteiger partial charge in [0, 0.05) is 12.5 Å². The van der Waals surface area contributed by atoms with E-state index in [4.69, 9.17) is 0 Å². The van der Waals surface area contributed by atoms with Gasteiger partial charge in [-0.05, 0) is 20.4 Å². The fraction of sp³-hybridized carbons (Fsp3) is 0.700. The molecule has 4 heteroatoms. The molecule has 0 aliphatic heterocycles. The predicted molar refractivity (Wildman–Crippen MR) is 56.0 cm³/mol. The first-order chi connectivity index (χ1) is 6.76. The highest BCUT2D eigenvalue weighted by molar-refractivity contribution is 4.97. The number of nitrogens with zero attached hydrogens (tertiary/aromatic N) is 3. The minimum Gasteiger partial charge on any atom is -0.317 e. The topological polar surface area (TPSA) is 50.7 Å². The lowest BCUT2D eigenvalue weighted by atomic mass is 10.2. The summed E-state index contributed by atoms with van der Waals surface area (Å²) in [6, 6.07) is 0.397. The molecule has 1 rings (SSSR count). The third-order valence-electron chi connectivity index (χ3n) is 2.14. The van der Waals surface area contributed by atoms with Crippen molar-refractivity contribution in [2.24, 2.45) is 0 Å². The van der Waals surface area contributed by atoms with Gasteiger partial charge in [0.15, 0.2) is 5.82 Å². The van der Waals surface area contributed by atoms with Crippen LogP contribution >= 0.6 is 0 Å². The van der Waals surface area contributed by atoms with Crippen LogP contribution in [0.1, 0.15) is 31.8 Å². The third kappa shape index (κ3) is 3.38. The molecule has 1 N–H and O–H groups in total. The van der Waals surface area contributed by atoms with E-state index >= 15 is 0 Å². The molecule has 0 saturated heterocycles. The second kappa shape index (κ2) is 5.65. The van der Waals surface area contributed by atoms with Crippen molar-refractivity contribution in [3.05, 3.63) is 17.7 Å². The molecule has 0 aliphatic rings. The summed E-state index contributed by atoms with van der Waals surface area (Å²) in [4.78, 5) is 4.44. The fourth-order valence-electron chi connectivity index (χ4n) is 1.22. The van der Waals surface area contributed by atoms with Crippen LogP contribution in [0.2, 0.25) is 0 Å². The van der Waals surface area contributed by atoms with Crippen LogP contribution in [0, 0.1) is 0 Å². The van der Waals surface area contributed by atoms with Gasteiger partial charge in [0.1, 0.15) is 0 Å². The van der Waals surface area contributed by atoms with Gasteiger partial charge in [0.2, 0.25) is 0 Å². The van der Waals surface area contributed by atoms with Crippen molar-refractivity contribution in [2.75, 3.05) is 7.05 Å². The second-order valence-corrected chi connectivity index (χ2v) is 3.51. The molecule has 1 aromatic heterocycles. The summed E-state index contributed by atoms with van der Waals surface area (Å²) >= 11 is 0. The SMILES string of the molecule is CCCc1cnnc(CC(C)NC)n1. The minimum absolute atomic E-state index is 0.397. The molecule has 0 amide bonds. The number of aromatic nitrogens is 3. The van der Waals surface area contributed by atoms with Crippen molar-refractivity contribution in [1.29, 1.82) is 0 Å². The van der Waals surface area contributed by atoms with E-state index in [1.165, 1.54) is 0 Å². The summed E-state index contributed by atoms with van der Waals surface area (Å²) in [5.74, 6) is 0.831. The summed E-state index contributed by atoms with van der Waals surface area (Å²) in [5, 5.41) is 11.1. The Balaban J connectivity index is 2.63. The molecule has 14 heavy (non-hydrogen) atoms. The zero-order valence-corrected chi connectivity index (χ0v) is 9.12. The normalized spacial score (nSPS) is 12.8. The van der Waals surface area contributed by atoms with Crippen LogP contribution in [-0.4, -0.2) is 28.3 Å². The van der Waals surface area contributed by atoms with Gasteiger partial charge in [-0.15, -0.1) is 5.10 Å². The van der Waals surface area contributed by atoms with E-state index in [1.807, 2.05) is 7.05 Å². The Bertz CT molecular complexity index is 275. The third-order valence-corrected chi connectivity index (χ3v) is 2.14. The monoisotopic (exact) mass is 194 g/mol. The smallest absolute Gasteiger partial charge is 0.152 e. The number of aryl methyl sites for hydroxylation is 1. The molecule has 1 aromatic rings. The average Bonchev–Trinajstić information content (AvgIpc) is 2.19. The number of rotatable bonds is 5. The highest BCUT2D eigenvalue weighted by Crippen LogP contribution is 1.99. The Morgan fingerprint density at radius 1 is 1.50 bits per heavy atom. The number of nitrogens with one attached hydrogen (secondary N) is 1. The first-order valence-corrected chi connectivity index (χ1v) is 5.11. The van der Waals surface area contributed by atoms with Crippen LogP contribution in [0.3, 0.4) is 0 Å². The summed E-state index contributed by atoms with van der Waals surface area (Å²) < 4.78 is 0. The van der Waals surface area contributed by atoms with Gasteiger partial charge >= 0.3 is 0 Å². The molecule has 0 radical (unpaired) electrons. The van der Waals surface area contributed by atoms with Crippen molar-refractivity contribution >= 4 is 0 Å². The molecule has 1 heterocycles. The van der Waals surface area contributed by atoms with Crippen molar-refractivity contribution < 1.29 is 0 Å². The molecule has 0 aliphatic carbocycles. The average molecular weight is 194 g/mol. The van der Waals surface area contributed by atoms with Crippen LogP contribution in [-0.2, 0) is 12.8 Å². The number of hydrogen-bond acceptors (Lipinski definition) is 4. The molecular weight excluding hydrogens is 176 g/mol. The lowest BCUT2D eigenvalue weighted by Crippen LogP contribution is -2.25. The van der Waals surface area contributed by atoms with Crippen LogP contribution in [0.25, 0.3) is 0 Å². The van der Waals surface area contributed by atoms with Crippen LogP contribution < -0.4 is 5.32 Å². The van der Waals surface area contributed by atoms with E-state index in [0.717, 1.165) is 30.8 Å². The summed E-state index contributed by atoms with van der Waals surface area (Å²) in [7, 11) is 1.94. The maximum atomic E-state index is 4.44. The largest absolute Gasteiger partial charge is 0.317 e. The van der Waals surface area contributed by atoms with E-state index in [9.17, 15) is 0 Å². The maximum Gasteiger partial charge on any atom is 0.152 e. The summed E-state index contributed by atoms with van der Waals surface area (Å²) in [5.41, 5.74) is 1.04. The molecule has 4 nitrogen and oxygen atoms in total. The second-order valence-electron chi connectivity index (χ2n) is 3.51. The van der Waals surface area contributed by atoms with Gasteiger partial charge in [-0.3, -0.25) is 0 Å². The Kier molecular flexibility index (Phi) is 4.46. The Hall–Kier alpha value is -1.03. The quantitative estimate of drug-likeness (QED) is 0.759. The summed E-state index contributed by atoms with van der Waals surface area (Å²) in [6.07, 6.45) is 4.66. The van der Waals surface area contributed by atoms with E-state index in [2.05, 4.69) is 34.3 Å². The molecule has 1 atom stereocenters. The molecular formula is C10H18N4. The van der Waals surface area contributed by atoms with Crippen molar-refractivity contribution in [3.8, 4) is 0 Å². The number of hydrogen-bond donors (Lipinski definition) is 1. The molecule has 0 bridgehead atoms. The molecule has 0 fully saturated rings. The first-order valence-electron chi connectivity index (χ1n) is 5.11. The van der Waals surface area contributed by atoms with Gasteiger partial charge in [-0.2, -0.15) is 5.10 Å². The molecule has 0 aromatic carbocycles. The summed E-state index contributed by atoms with van der Waals surface area (Å²) in [6.45, 7) is 4.24. The Morgan fingerprint density at radius 3 is 2.93 bits per heavy atom. The van der Waals surface area contributed by atoms with Crippen molar-refractivity contribution in [3.63, 3.8) is 0 Å². The fourth-order valence-corrected chi connectivity index (χ4v) is 1.22. The van der Waals surface area contributed by atoms with Gasteiger partial charge in [-0.1, -0.05) is 13.3 Å². The molecule has 1 unspecified atom stereocenters. The van der Waals surface area contributed by atoms with E-state index in [1.54, 1.807) is 6.20 Å². The lowest BCUT2D eigenvalue weighted by molar-refractivity contribution is 0.581. The highest BCUT2D eigenvalue weighted by Gasteiger charge is 2.04. The van der Waals surface area contributed by atoms with Crippen LogP contribution in [0.4, 0.5) is 0 Å².